The first-order valence-electron chi connectivity index (χ1n) is 7.78. The normalized spacial score (nSPS) is 26.0. The summed E-state index contributed by atoms with van der Waals surface area (Å²) < 4.78 is 0. The maximum Gasteiger partial charge on any atom is 0.326 e. The molecule has 1 aliphatic carbocycles. The Morgan fingerprint density at radius 3 is 2.86 bits per heavy atom. The monoisotopic (exact) mass is 307 g/mol. The van der Waals surface area contributed by atoms with Crippen molar-refractivity contribution in [1.82, 2.24) is 4.90 Å². The first-order valence-corrected chi connectivity index (χ1v) is 8.66. The van der Waals surface area contributed by atoms with E-state index in [1.54, 1.807) is 16.2 Å². The highest BCUT2D eigenvalue weighted by Crippen LogP contribution is 2.37. The molecule has 2 heterocycles. The zero-order valence-electron chi connectivity index (χ0n) is 12.1. The van der Waals surface area contributed by atoms with Crippen LogP contribution in [0, 0.1) is 0 Å². The second-order valence-electron chi connectivity index (χ2n) is 5.98. The maximum absolute atomic E-state index is 12.9. The number of carboxylic acids is 1. The van der Waals surface area contributed by atoms with Gasteiger partial charge in [-0.25, -0.2) is 4.79 Å². The van der Waals surface area contributed by atoms with Crippen molar-refractivity contribution in [3.63, 3.8) is 0 Å². The van der Waals surface area contributed by atoms with E-state index in [0.29, 0.717) is 13.0 Å². The number of aryl methyl sites for hydroxylation is 1. The highest BCUT2D eigenvalue weighted by molar-refractivity contribution is 7.10. The van der Waals surface area contributed by atoms with E-state index < -0.39 is 12.0 Å². The Morgan fingerprint density at radius 2 is 2.05 bits per heavy atom. The third kappa shape index (κ3) is 2.84. The van der Waals surface area contributed by atoms with Crippen molar-refractivity contribution in [1.29, 1.82) is 0 Å². The Morgan fingerprint density at radius 1 is 1.19 bits per heavy atom. The molecule has 21 heavy (non-hydrogen) atoms. The van der Waals surface area contributed by atoms with Crippen molar-refractivity contribution in [3.05, 3.63) is 21.9 Å². The molecule has 0 saturated carbocycles. The number of amides is 1. The van der Waals surface area contributed by atoms with Gasteiger partial charge < -0.3 is 10.0 Å². The van der Waals surface area contributed by atoms with Crippen molar-refractivity contribution in [2.45, 2.75) is 56.9 Å². The van der Waals surface area contributed by atoms with Gasteiger partial charge in [-0.2, -0.15) is 0 Å². The molecule has 1 aromatic heterocycles. The third-order valence-corrected chi connectivity index (χ3v) is 5.67. The van der Waals surface area contributed by atoms with Gasteiger partial charge in [0.15, 0.2) is 0 Å². The van der Waals surface area contributed by atoms with Gasteiger partial charge in [0, 0.05) is 11.4 Å². The van der Waals surface area contributed by atoms with Crippen molar-refractivity contribution < 1.29 is 14.7 Å². The Labute approximate surface area is 128 Å². The molecular formula is C16H21NO3S. The number of nitrogens with zero attached hydrogens (tertiary/aromatic N) is 1. The average molecular weight is 307 g/mol. The van der Waals surface area contributed by atoms with E-state index in [2.05, 4.69) is 6.07 Å². The second kappa shape index (κ2) is 6.18. The lowest BCUT2D eigenvalue weighted by Gasteiger charge is -2.32. The maximum atomic E-state index is 12.9. The minimum Gasteiger partial charge on any atom is -0.480 e. The number of likely N-dealkylation sites (tertiary alicyclic amines) is 1. The molecule has 0 bridgehead atoms. The van der Waals surface area contributed by atoms with Gasteiger partial charge in [0.25, 0.3) is 0 Å². The Kier molecular flexibility index (Phi) is 4.29. The van der Waals surface area contributed by atoms with Crippen LogP contribution in [-0.4, -0.2) is 34.5 Å². The molecule has 2 aliphatic rings. The standard InChI is InChI=1S/C16H21NO3S/c18-15(12-5-4-7-14-11(12)8-10-21-14)17-9-3-1-2-6-13(17)16(19)20/h8,10,12-13H,1-7,9H2,(H,19,20). The molecule has 1 fully saturated rings. The fourth-order valence-corrected chi connectivity index (χ4v) is 4.56. The van der Waals surface area contributed by atoms with E-state index in [1.165, 1.54) is 4.88 Å². The summed E-state index contributed by atoms with van der Waals surface area (Å²) in [6.45, 7) is 0.589. The molecule has 1 aliphatic heterocycles. The molecule has 1 saturated heterocycles. The third-order valence-electron chi connectivity index (χ3n) is 4.67. The molecule has 114 valence electrons. The van der Waals surface area contributed by atoms with E-state index in [-0.39, 0.29) is 11.8 Å². The van der Waals surface area contributed by atoms with Gasteiger partial charge in [0.2, 0.25) is 5.91 Å². The second-order valence-corrected chi connectivity index (χ2v) is 6.98. The van der Waals surface area contributed by atoms with Crippen LogP contribution in [0.5, 0.6) is 0 Å². The highest BCUT2D eigenvalue weighted by Gasteiger charge is 2.36. The van der Waals surface area contributed by atoms with Gasteiger partial charge in [-0.3, -0.25) is 4.79 Å². The van der Waals surface area contributed by atoms with Gasteiger partial charge in [-0.15, -0.1) is 11.3 Å². The van der Waals surface area contributed by atoms with Crippen LogP contribution in [0.15, 0.2) is 11.4 Å². The summed E-state index contributed by atoms with van der Waals surface area (Å²) >= 11 is 1.72. The summed E-state index contributed by atoms with van der Waals surface area (Å²) in [4.78, 5) is 27.4. The molecule has 0 radical (unpaired) electrons. The minimum absolute atomic E-state index is 0.0312. The lowest BCUT2D eigenvalue weighted by molar-refractivity contribution is -0.151. The summed E-state index contributed by atoms with van der Waals surface area (Å²) in [5, 5.41) is 11.5. The summed E-state index contributed by atoms with van der Waals surface area (Å²) in [6.07, 6.45) is 6.35. The molecule has 5 heteroatoms. The number of carbonyl (C=O) groups excluding carboxylic acids is 1. The van der Waals surface area contributed by atoms with E-state index in [4.69, 9.17) is 0 Å². The van der Waals surface area contributed by atoms with Crippen LogP contribution in [0.3, 0.4) is 0 Å². The molecule has 3 rings (SSSR count). The van der Waals surface area contributed by atoms with Crippen molar-refractivity contribution in [2.75, 3.05) is 6.54 Å². The Balaban J connectivity index is 1.85. The first kappa shape index (κ1) is 14.6. The number of fused-ring (bicyclic) bond motifs is 1. The fraction of sp³-hybridized carbons (Fsp3) is 0.625. The van der Waals surface area contributed by atoms with Crippen LogP contribution in [0.25, 0.3) is 0 Å². The highest BCUT2D eigenvalue weighted by atomic mass is 32.1. The van der Waals surface area contributed by atoms with Crippen molar-refractivity contribution in [2.24, 2.45) is 0 Å². The molecular weight excluding hydrogens is 286 g/mol. The van der Waals surface area contributed by atoms with Crippen LogP contribution in [0.1, 0.15) is 54.9 Å². The van der Waals surface area contributed by atoms with E-state index >= 15 is 0 Å². The van der Waals surface area contributed by atoms with Gasteiger partial charge in [-0.1, -0.05) is 12.8 Å². The zero-order valence-corrected chi connectivity index (χ0v) is 12.9. The molecule has 1 amide bonds. The van der Waals surface area contributed by atoms with Gasteiger partial charge >= 0.3 is 5.97 Å². The van der Waals surface area contributed by atoms with Crippen LogP contribution in [0.2, 0.25) is 0 Å². The molecule has 1 aromatic rings. The van der Waals surface area contributed by atoms with E-state index in [9.17, 15) is 14.7 Å². The Bertz CT molecular complexity index is 539. The first-order chi connectivity index (χ1) is 10.2. The fourth-order valence-electron chi connectivity index (χ4n) is 3.57. The summed E-state index contributed by atoms with van der Waals surface area (Å²) in [7, 11) is 0. The summed E-state index contributed by atoms with van der Waals surface area (Å²) in [6, 6.07) is 1.42. The van der Waals surface area contributed by atoms with Gasteiger partial charge in [0.05, 0.1) is 5.92 Å². The predicted octanol–water partition coefficient (Wildman–Crippen LogP) is 3.02. The number of thiophene rings is 1. The van der Waals surface area contributed by atoms with Gasteiger partial charge in [0.1, 0.15) is 6.04 Å². The van der Waals surface area contributed by atoms with Crippen LogP contribution in [0.4, 0.5) is 0 Å². The molecule has 2 unspecified atom stereocenters. The largest absolute Gasteiger partial charge is 0.480 e. The predicted molar refractivity (Wildman–Crippen MR) is 81.6 cm³/mol. The number of rotatable bonds is 2. The lowest BCUT2D eigenvalue weighted by atomic mass is 9.86. The van der Waals surface area contributed by atoms with E-state index in [1.807, 2.05) is 5.38 Å². The molecule has 0 aromatic carbocycles. The summed E-state index contributed by atoms with van der Waals surface area (Å²) in [5.41, 5.74) is 1.14. The van der Waals surface area contributed by atoms with Crippen molar-refractivity contribution in [3.8, 4) is 0 Å². The SMILES string of the molecule is O=C(O)C1CCCCCN1C(=O)C1CCCc2sccc21. The number of carbonyl (C=O) groups is 2. The zero-order chi connectivity index (χ0) is 14.8. The van der Waals surface area contributed by atoms with Crippen LogP contribution in [-0.2, 0) is 16.0 Å². The quantitative estimate of drug-likeness (QED) is 0.913. The Hall–Kier alpha value is -1.36. The number of hydrogen-bond donors (Lipinski definition) is 1. The molecule has 2 atom stereocenters. The average Bonchev–Trinajstić information content (AvgIpc) is 2.81. The van der Waals surface area contributed by atoms with E-state index in [0.717, 1.165) is 44.1 Å². The number of carboxylic acid groups (broad SMARTS) is 1. The molecule has 1 N–H and O–H groups in total. The van der Waals surface area contributed by atoms with Crippen LogP contribution >= 0.6 is 11.3 Å². The molecule has 0 spiro atoms. The number of hydrogen-bond acceptors (Lipinski definition) is 3. The summed E-state index contributed by atoms with van der Waals surface area (Å²) in [5.74, 6) is -0.949. The topological polar surface area (TPSA) is 57.6 Å². The molecule has 4 nitrogen and oxygen atoms in total. The lowest BCUT2D eigenvalue weighted by Crippen LogP contribution is -2.47. The van der Waals surface area contributed by atoms with Crippen molar-refractivity contribution >= 4 is 23.2 Å². The minimum atomic E-state index is -0.855. The number of aliphatic carboxylic acids is 1. The van der Waals surface area contributed by atoms with Crippen LogP contribution < -0.4 is 0 Å². The smallest absolute Gasteiger partial charge is 0.326 e. The van der Waals surface area contributed by atoms with Gasteiger partial charge in [-0.05, 0) is 49.1 Å².